The molecule has 1 fully saturated rings. The van der Waals surface area contributed by atoms with Gasteiger partial charge in [0.2, 0.25) is 0 Å². The first-order valence-electron chi connectivity index (χ1n) is 7.60. The van der Waals surface area contributed by atoms with Crippen LogP contribution in [0.3, 0.4) is 0 Å². The molecule has 3 nitrogen and oxygen atoms in total. The summed E-state index contributed by atoms with van der Waals surface area (Å²) in [5, 5.41) is 9.60. The zero-order valence-corrected chi connectivity index (χ0v) is 11.8. The van der Waals surface area contributed by atoms with Crippen molar-refractivity contribution in [2.24, 2.45) is 0 Å². The maximum absolute atomic E-state index is 9.60. The first kappa shape index (κ1) is 12.5. The molecule has 1 aromatic rings. The number of hydrogen-bond acceptors (Lipinski definition) is 2. The van der Waals surface area contributed by atoms with Crippen molar-refractivity contribution in [1.29, 1.82) is 5.26 Å². The topological polar surface area (TPSA) is 41.2 Å². The number of fused-ring (bicyclic) bond motifs is 1. The number of aromatic nitrogens is 1. The lowest BCUT2D eigenvalue weighted by Gasteiger charge is -2.21. The van der Waals surface area contributed by atoms with E-state index in [0.29, 0.717) is 0 Å². The van der Waals surface area contributed by atoms with Crippen LogP contribution in [-0.4, -0.2) is 13.1 Å². The summed E-state index contributed by atoms with van der Waals surface area (Å²) < 4.78 is 0. The van der Waals surface area contributed by atoms with Gasteiger partial charge in [0.15, 0.2) is 0 Å². The maximum atomic E-state index is 9.60. The van der Waals surface area contributed by atoms with Gasteiger partial charge in [0, 0.05) is 6.42 Å². The van der Waals surface area contributed by atoms with Gasteiger partial charge in [-0.1, -0.05) is 6.92 Å². The van der Waals surface area contributed by atoms with Gasteiger partial charge in [-0.15, -0.1) is 0 Å². The molecule has 0 saturated carbocycles. The number of H-pyrrole nitrogens is 1. The molecular formula is C16H22N3+. The minimum absolute atomic E-state index is 0.925. The van der Waals surface area contributed by atoms with E-state index in [0.717, 1.165) is 43.7 Å². The number of nitriles is 1. The Morgan fingerprint density at radius 3 is 2.42 bits per heavy atom. The van der Waals surface area contributed by atoms with Crippen LogP contribution in [0.15, 0.2) is 0 Å². The van der Waals surface area contributed by atoms with Crippen molar-refractivity contribution in [2.45, 2.75) is 51.9 Å². The average Bonchev–Trinajstić information content (AvgIpc) is 2.99. The summed E-state index contributed by atoms with van der Waals surface area (Å²) in [4.78, 5) is 5.95. The Kier molecular flexibility index (Phi) is 3.42. The van der Waals surface area contributed by atoms with Crippen molar-refractivity contribution in [3.63, 3.8) is 0 Å². The van der Waals surface area contributed by atoms with Crippen molar-refractivity contribution in [3.05, 3.63) is 22.4 Å². The summed E-state index contributed by atoms with van der Waals surface area (Å²) in [6.45, 7) is 4.39. The predicted molar refractivity (Wildman–Crippen MR) is 75.2 cm³/mol. The van der Waals surface area contributed by atoms with Crippen molar-refractivity contribution < 1.29 is 4.98 Å². The van der Waals surface area contributed by atoms with Crippen molar-refractivity contribution in [3.8, 4) is 6.07 Å². The molecule has 3 rings (SSSR count). The SMILES string of the molecule is CCc1[nH+]c(N2CCCC2)c(C#N)c2c1CCCC2. The Hall–Kier alpha value is -1.56. The van der Waals surface area contributed by atoms with Crippen molar-refractivity contribution in [2.75, 3.05) is 18.0 Å². The van der Waals surface area contributed by atoms with Crippen LogP contribution in [0, 0.1) is 11.3 Å². The lowest BCUT2D eigenvalue weighted by Crippen LogP contribution is -2.32. The van der Waals surface area contributed by atoms with Gasteiger partial charge in [0.05, 0.1) is 13.1 Å². The highest BCUT2D eigenvalue weighted by atomic mass is 15.2. The van der Waals surface area contributed by atoms with E-state index in [1.54, 1.807) is 0 Å². The Bertz CT molecular complexity index is 522. The molecule has 0 bridgehead atoms. The summed E-state index contributed by atoms with van der Waals surface area (Å²) >= 11 is 0. The van der Waals surface area contributed by atoms with Gasteiger partial charge in [-0.25, -0.2) is 4.98 Å². The molecule has 1 aromatic heterocycles. The van der Waals surface area contributed by atoms with E-state index in [1.807, 2.05) is 0 Å². The van der Waals surface area contributed by atoms with E-state index in [4.69, 9.17) is 0 Å². The van der Waals surface area contributed by atoms with Crippen molar-refractivity contribution >= 4 is 5.82 Å². The minimum Gasteiger partial charge on any atom is -0.261 e. The minimum atomic E-state index is 0.925. The second-order valence-corrected chi connectivity index (χ2v) is 5.65. The summed E-state index contributed by atoms with van der Waals surface area (Å²) in [5.74, 6) is 1.09. The fourth-order valence-electron chi connectivity index (χ4n) is 3.54. The first-order valence-corrected chi connectivity index (χ1v) is 7.60. The molecule has 100 valence electrons. The standard InChI is InChI=1S/C16H21N3/c1-2-15-13-8-4-3-7-12(13)14(11-17)16(18-15)19-9-5-6-10-19/h2-10H2,1H3/p+1. The van der Waals surface area contributed by atoms with Crippen LogP contribution in [-0.2, 0) is 19.3 Å². The van der Waals surface area contributed by atoms with Gasteiger partial charge in [-0.2, -0.15) is 5.26 Å². The second-order valence-electron chi connectivity index (χ2n) is 5.65. The molecule has 2 aliphatic rings. The number of aryl methyl sites for hydroxylation is 1. The van der Waals surface area contributed by atoms with Crippen LogP contribution >= 0.6 is 0 Å². The molecule has 2 heterocycles. The first-order chi connectivity index (χ1) is 9.35. The predicted octanol–water partition coefficient (Wildman–Crippen LogP) is 2.41. The summed E-state index contributed by atoms with van der Waals surface area (Å²) in [6, 6.07) is 2.48. The quantitative estimate of drug-likeness (QED) is 0.815. The van der Waals surface area contributed by atoms with Crippen LogP contribution in [0.1, 0.15) is 55.0 Å². The number of pyridine rings is 1. The third-order valence-electron chi connectivity index (χ3n) is 4.53. The Morgan fingerprint density at radius 1 is 1.11 bits per heavy atom. The average molecular weight is 256 g/mol. The van der Waals surface area contributed by atoms with Gasteiger partial charge in [-0.3, -0.25) is 4.90 Å². The summed E-state index contributed by atoms with van der Waals surface area (Å²) in [7, 11) is 0. The van der Waals surface area contributed by atoms with E-state index >= 15 is 0 Å². The molecule has 1 aliphatic carbocycles. The fraction of sp³-hybridized carbons (Fsp3) is 0.625. The number of rotatable bonds is 2. The highest BCUT2D eigenvalue weighted by Gasteiger charge is 2.30. The lowest BCUT2D eigenvalue weighted by molar-refractivity contribution is -0.377. The van der Waals surface area contributed by atoms with Gasteiger partial charge in [0.1, 0.15) is 17.3 Å². The molecule has 0 spiro atoms. The number of nitrogens with zero attached hydrogens (tertiary/aromatic N) is 2. The molecule has 0 radical (unpaired) electrons. The number of nitrogens with one attached hydrogen (secondary N) is 1. The summed E-state index contributed by atoms with van der Waals surface area (Å²) in [6.07, 6.45) is 8.25. The van der Waals surface area contributed by atoms with Gasteiger partial charge in [0.25, 0.3) is 5.82 Å². The van der Waals surface area contributed by atoms with E-state index in [1.165, 1.54) is 42.5 Å². The highest BCUT2D eigenvalue weighted by molar-refractivity contribution is 5.58. The zero-order chi connectivity index (χ0) is 13.2. The van der Waals surface area contributed by atoms with Crippen LogP contribution < -0.4 is 9.88 Å². The van der Waals surface area contributed by atoms with E-state index < -0.39 is 0 Å². The third kappa shape index (κ3) is 2.10. The highest BCUT2D eigenvalue weighted by Crippen LogP contribution is 2.31. The van der Waals surface area contributed by atoms with Crippen LogP contribution in [0.4, 0.5) is 5.82 Å². The largest absolute Gasteiger partial charge is 0.293 e. The summed E-state index contributed by atoms with van der Waals surface area (Å²) in [5.41, 5.74) is 5.06. The molecule has 1 saturated heterocycles. The van der Waals surface area contributed by atoms with Crippen LogP contribution in [0.2, 0.25) is 0 Å². The van der Waals surface area contributed by atoms with E-state index in [9.17, 15) is 5.26 Å². The molecule has 0 unspecified atom stereocenters. The normalized spacial score (nSPS) is 18.2. The monoisotopic (exact) mass is 256 g/mol. The molecule has 0 atom stereocenters. The molecular weight excluding hydrogens is 234 g/mol. The van der Waals surface area contributed by atoms with Gasteiger partial charge < -0.3 is 0 Å². The van der Waals surface area contributed by atoms with Gasteiger partial charge in [-0.05, 0) is 49.7 Å². The van der Waals surface area contributed by atoms with E-state index in [2.05, 4.69) is 22.9 Å². The van der Waals surface area contributed by atoms with Crippen LogP contribution in [0.25, 0.3) is 0 Å². The number of aromatic amines is 1. The smallest absolute Gasteiger partial charge is 0.261 e. The third-order valence-corrected chi connectivity index (χ3v) is 4.53. The fourth-order valence-corrected chi connectivity index (χ4v) is 3.54. The molecule has 3 heteroatoms. The molecule has 19 heavy (non-hydrogen) atoms. The maximum Gasteiger partial charge on any atom is 0.293 e. The molecule has 1 N–H and O–H groups in total. The zero-order valence-electron chi connectivity index (χ0n) is 11.8. The van der Waals surface area contributed by atoms with Crippen LogP contribution in [0.5, 0.6) is 0 Å². The second kappa shape index (κ2) is 5.21. The Morgan fingerprint density at radius 2 is 1.79 bits per heavy atom. The van der Waals surface area contributed by atoms with Gasteiger partial charge >= 0.3 is 0 Å². The van der Waals surface area contributed by atoms with E-state index in [-0.39, 0.29) is 0 Å². The Labute approximate surface area is 115 Å². The molecule has 1 aliphatic heterocycles. The Balaban J connectivity index is 2.15. The number of hydrogen-bond donors (Lipinski definition) is 0. The van der Waals surface area contributed by atoms with Crippen molar-refractivity contribution in [1.82, 2.24) is 0 Å². The lowest BCUT2D eigenvalue weighted by atomic mass is 9.87. The molecule has 0 aromatic carbocycles. The number of anilines is 1. The molecule has 0 amide bonds.